The zero-order chi connectivity index (χ0) is 21.2. The lowest BCUT2D eigenvalue weighted by molar-refractivity contribution is -0.123. The Morgan fingerprint density at radius 1 is 1.14 bits per heavy atom. The fourth-order valence-electron chi connectivity index (χ4n) is 3.35. The highest BCUT2D eigenvalue weighted by Gasteiger charge is 2.32. The maximum atomic E-state index is 13.0. The molecule has 2 aromatic carbocycles. The molecule has 1 saturated heterocycles. The standard InChI is InChI=1S/C20H22ClN3O4S/c1-13-8-9-15(19(22)25)12-24(13)20(26)14-4-2-7-18(10-14)29(27,28)23-17-6-3-5-16(21)11-17/h2-7,10-11,13,15,23H,8-9,12H2,1H3,(H2,22,25)/t13-,15+/m0/s1. The predicted molar refractivity (Wildman–Crippen MR) is 111 cm³/mol. The van der Waals surface area contributed by atoms with Crippen LogP contribution in [0.15, 0.2) is 53.4 Å². The number of nitrogens with one attached hydrogen (secondary N) is 1. The average molecular weight is 436 g/mol. The van der Waals surface area contributed by atoms with Crippen LogP contribution >= 0.6 is 11.6 Å². The molecule has 3 N–H and O–H groups in total. The Morgan fingerprint density at radius 2 is 1.86 bits per heavy atom. The van der Waals surface area contributed by atoms with E-state index in [-0.39, 0.29) is 29.0 Å². The molecular formula is C20H22ClN3O4S. The van der Waals surface area contributed by atoms with Gasteiger partial charge in [-0.2, -0.15) is 0 Å². The van der Waals surface area contributed by atoms with E-state index in [4.69, 9.17) is 17.3 Å². The largest absolute Gasteiger partial charge is 0.369 e. The average Bonchev–Trinajstić information content (AvgIpc) is 2.67. The lowest BCUT2D eigenvalue weighted by Crippen LogP contribution is -2.48. The number of primary amides is 1. The predicted octanol–water partition coefficient (Wildman–Crippen LogP) is 2.87. The van der Waals surface area contributed by atoms with Gasteiger partial charge >= 0.3 is 0 Å². The third-order valence-corrected chi connectivity index (χ3v) is 6.63. The summed E-state index contributed by atoms with van der Waals surface area (Å²) < 4.78 is 27.9. The summed E-state index contributed by atoms with van der Waals surface area (Å²) in [5.41, 5.74) is 5.96. The topological polar surface area (TPSA) is 110 Å². The number of benzene rings is 2. The normalized spacial score (nSPS) is 19.6. The lowest BCUT2D eigenvalue weighted by atomic mass is 9.92. The van der Waals surface area contributed by atoms with E-state index in [1.54, 1.807) is 29.2 Å². The van der Waals surface area contributed by atoms with Crippen LogP contribution in [0.1, 0.15) is 30.1 Å². The number of rotatable bonds is 5. The molecule has 0 saturated carbocycles. The van der Waals surface area contributed by atoms with Gasteiger partial charge in [-0.05, 0) is 56.2 Å². The summed E-state index contributed by atoms with van der Waals surface area (Å²) in [6.45, 7) is 2.13. The van der Waals surface area contributed by atoms with Crippen LogP contribution in [0.4, 0.5) is 5.69 Å². The number of carbonyl (C=O) groups is 2. The molecule has 2 aromatic rings. The molecule has 1 fully saturated rings. The molecule has 2 amide bonds. The monoisotopic (exact) mass is 435 g/mol. The summed E-state index contributed by atoms with van der Waals surface area (Å²) in [5.74, 6) is -1.16. The zero-order valence-electron chi connectivity index (χ0n) is 15.8. The van der Waals surface area contributed by atoms with Crippen LogP contribution in [0.2, 0.25) is 5.02 Å². The molecule has 0 bridgehead atoms. The van der Waals surface area contributed by atoms with Gasteiger partial charge in [0, 0.05) is 23.2 Å². The van der Waals surface area contributed by atoms with E-state index in [2.05, 4.69) is 4.72 Å². The number of piperidine rings is 1. The molecular weight excluding hydrogens is 414 g/mol. The van der Waals surface area contributed by atoms with Gasteiger partial charge in [-0.25, -0.2) is 8.42 Å². The van der Waals surface area contributed by atoms with Crippen LogP contribution in [-0.2, 0) is 14.8 Å². The number of nitrogens with two attached hydrogens (primary N) is 1. The summed E-state index contributed by atoms with van der Waals surface area (Å²) in [6, 6.07) is 12.1. The van der Waals surface area contributed by atoms with Gasteiger partial charge in [-0.15, -0.1) is 0 Å². The van der Waals surface area contributed by atoms with Gasteiger partial charge in [-0.3, -0.25) is 14.3 Å². The van der Waals surface area contributed by atoms with Crippen molar-refractivity contribution in [3.63, 3.8) is 0 Å². The summed E-state index contributed by atoms with van der Waals surface area (Å²) >= 11 is 5.90. The molecule has 7 nitrogen and oxygen atoms in total. The molecule has 3 rings (SSSR count). The van der Waals surface area contributed by atoms with Crippen molar-refractivity contribution < 1.29 is 18.0 Å². The summed E-state index contributed by atoms with van der Waals surface area (Å²) in [6.07, 6.45) is 1.30. The molecule has 2 atom stereocenters. The number of amides is 2. The Bertz CT molecular complexity index is 1040. The van der Waals surface area contributed by atoms with Crippen molar-refractivity contribution in [3.8, 4) is 0 Å². The first kappa shape index (κ1) is 21.1. The Morgan fingerprint density at radius 3 is 2.55 bits per heavy atom. The van der Waals surface area contributed by atoms with Crippen molar-refractivity contribution in [2.45, 2.75) is 30.7 Å². The Balaban J connectivity index is 1.84. The first-order valence-corrected chi connectivity index (χ1v) is 11.0. The molecule has 0 unspecified atom stereocenters. The smallest absolute Gasteiger partial charge is 0.261 e. The van der Waals surface area contributed by atoms with Gasteiger partial charge < -0.3 is 10.6 Å². The number of sulfonamides is 1. The number of hydrogen-bond donors (Lipinski definition) is 2. The van der Waals surface area contributed by atoms with Gasteiger partial charge in [0.1, 0.15) is 0 Å². The molecule has 0 spiro atoms. The maximum Gasteiger partial charge on any atom is 0.261 e. The molecule has 1 heterocycles. The van der Waals surface area contributed by atoms with E-state index in [1.165, 1.54) is 24.3 Å². The minimum Gasteiger partial charge on any atom is -0.369 e. The molecule has 154 valence electrons. The number of hydrogen-bond acceptors (Lipinski definition) is 4. The van der Waals surface area contributed by atoms with Gasteiger partial charge in [0.05, 0.1) is 16.5 Å². The minimum atomic E-state index is -3.91. The van der Waals surface area contributed by atoms with E-state index in [0.717, 1.165) is 0 Å². The van der Waals surface area contributed by atoms with Crippen molar-refractivity contribution >= 4 is 39.1 Å². The van der Waals surface area contributed by atoms with Gasteiger partial charge in [0.2, 0.25) is 5.91 Å². The molecule has 1 aliphatic heterocycles. The van der Waals surface area contributed by atoms with Crippen molar-refractivity contribution in [2.24, 2.45) is 11.7 Å². The van der Waals surface area contributed by atoms with Crippen LogP contribution in [0.3, 0.4) is 0 Å². The Hall–Kier alpha value is -2.58. The van der Waals surface area contributed by atoms with Crippen molar-refractivity contribution in [2.75, 3.05) is 11.3 Å². The van der Waals surface area contributed by atoms with Gasteiger partial charge in [-0.1, -0.05) is 23.7 Å². The molecule has 29 heavy (non-hydrogen) atoms. The van der Waals surface area contributed by atoms with E-state index < -0.39 is 21.8 Å². The number of halogens is 1. The third kappa shape index (κ3) is 4.89. The fourth-order valence-corrected chi connectivity index (χ4v) is 4.64. The van der Waals surface area contributed by atoms with Gasteiger partial charge in [0.25, 0.3) is 15.9 Å². The number of carbonyl (C=O) groups excluding carboxylic acids is 2. The van der Waals surface area contributed by atoms with Crippen LogP contribution in [-0.4, -0.2) is 37.7 Å². The highest BCUT2D eigenvalue weighted by atomic mass is 35.5. The minimum absolute atomic E-state index is 0.0422. The highest BCUT2D eigenvalue weighted by Crippen LogP contribution is 2.25. The van der Waals surface area contributed by atoms with E-state index in [0.29, 0.717) is 23.6 Å². The fraction of sp³-hybridized carbons (Fsp3) is 0.300. The third-order valence-electron chi connectivity index (χ3n) is 5.01. The number of nitrogens with zero attached hydrogens (tertiary/aromatic N) is 1. The van der Waals surface area contributed by atoms with Crippen molar-refractivity contribution in [3.05, 3.63) is 59.1 Å². The molecule has 0 aromatic heterocycles. The van der Waals surface area contributed by atoms with E-state index >= 15 is 0 Å². The Labute approximate surface area is 174 Å². The van der Waals surface area contributed by atoms with Crippen LogP contribution in [0, 0.1) is 5.92 Å². The second-order valence-electron chi connectivity index (χ2n) is 7.13. The van der Waals surface area contributed by atoms with Crippen molar-refractivity contribution in [1.29, 1.82) is 0 Å². The second kappa shape index (κ2) is 8.42. The molecule has 9 heteroatoms. The molecule has 0 aliphatic carbocycles. The quantitative estimate of drug-likeness (QED) is 0.752. The van der Waals surface area contributed by atoms with Crippen molar-refractivity contribution in [1.82, 2.24) is 4.90 Å². The maximum absolute atomic E-state index is 13.0. The first-order valence-electron chi connectivity index (χ1n) is 9.16. The molecule has 0 radical (unpaired) electrons. The van der Waals surface area contributed by atoms with E-state index in [9.17, 15) is 18.0 Å². The Kier molecular flexibility index (Phi) is 6.14. The second-order valence-corrected chi connectivity index (χ2v) is 9.25. The van der Waals surface area contributed by atoms with Crippen LogP contribution in [0.25, 0.3) is 0 Å². The summed E-state index contributed by atoms with van der Waals surface area (Å²) in [7, 11) is -3.91. The summed E-state index contributed by atoms with van der Waals surface area (Å²) in [5, 5.41) is 0.400. The summed E-state index contributed by atoms with van der Waals surface area (Å²) in [4.78, 5) is 26.1. The van der Waals surface area contributed by atoms with Crippen LogP contribution in [0.5, 0.6) is 0 Å². The number of likely N-dealkylation sites (tertiary alicyclic amines) is 1. The number of anilines is 1. The lowest BCUT2D eigenvalue weighted by Gasteiger charge is -2.37. The van der Waals surface area contributed by atoms with E-state index in [1.807, 2.05) is 6.92 Å². The van der Waals surface area contributed by atoms with Crippen LogP contribution < -0.4 is 10.5 Å². The highest BCUT2D eigenvalue weighted by molar-refractivity contribution is 7.92. The first-order chi connectivity index (χ1) is 13.7. The SMILES string of the molecule is C[C@H]1CC[C@@H](C(N)=O)CN1C(=O)c1cccc(S(=O)(=O)Nc2cccc(Cl)c2)c1. The molecule has 1 aliphatic rings. The van der Waals surface area contributed by atoms with Gasteiger partial charge in [0.15, 0.2) is 0 Å². The zero-order valence-corrected chi connectivity index (χ0v) is 17.4.